The maximum absolute atomic E-state index is 12.5. The zero-order valence-electron chi connectivity index (χ0n) is 14.0. The third-order valence-electron chi connectivity index (χ3n) is 4.50. The fraction of sp³-hybridized carbons (Fsp3) is 0.211. The summed E-state index contributed by atoms with van der Waals surface area (Å²) in [7, 11) is 0. The topological polar surface area (TPSA) is 85.2 Å². The highest BCUT2D eigenvalue weighted by molar-refractivity contribution is 5.98. The number of rotatable bonds is 4. The average Bonchev–Trinajstić information content (AvgIpc) is 3.10. The van der Waals surface area contributed by atoms with Crippen molar-refractivity contribution < 1.29 is 9.59 Å². The van der Waals surface area contributed by atoms with Crippen LogP contribution in [0, 0.1) is 0 Å². The molecule has 3 aromatic rings. The van der Waals surface area contributed by atoms with Crippen molar-refractivity contribution in [2.45, 2.75) is 19.4 Å². The molecule has 2 heterocycles. The van der Waals surface area contributed by atoms with Crippen LogP contribution in [-0.4, -0.2) is 33.2 Å². The summed E-state index contributed by atoms with van der Waals surface area (Å²) in [5.41, 5.74) is 1.40. The fourth-order valence-corrected chi connectivity index (χ4v) is 3.10. The van der Waals surface area contributed by atoms with Crippen LogP contribution >= 0.6 is 0 Å². The molecule has 0 N–H and O–H groups in total. The van der Waals surface area contributed by atoms with Crippen molar-refractivity contribution in [2.75, 3.05) is 11.4 Å². The number of hydrogen-bond acceptors (Lipinski definition) is 5. The highest BCUT2D eigenvalue weighted by atomic mass is 16.2. The summed E-state index contributed by atoms with van der Waals surface area (Å²) in [6.07, 6.45) is 1.41. The minimum absolute atomic E-state index is 0.0991. The Morgan fingerprint density at radius 3 is 2.54 bits per heavy atom. The highest BCUT2D eigenvalue weighted by Gasteiger charge is 2.21. The van der Waals surface area contributed by atoms with E-state index in [-0.39, 0.29) is 23.8 Å². The predicted octanol–water partition coefficient (Wildman–Crippen LogP) is 1.80. The highest BCUT2D eigenvalue weighted by Crippen LogP contribution is 2.21. The molecule has 0 unspecified atom stereocenters. The summed E-state index contributed by atoms with van der Waals surface area (Å²) < 4.78 is 1.07. The number of ketones is 1. The van der Waals surface area contributed by atoms with Gasteiger partial charge in [0.25, 0.3) is 5.56 Å². The van der Waals surface area contributed by atoms with Gasteiger partial charge in [-0.25, -0.2) is 4.68 Å². The van der Waals surface area contributed by atoms with E-state index in [1.807, 2.05) is 0 Å². The van der Waals surface area contributed by atoms with Crippen LogP contribution in [0.2, 0.25) is 0 Å². The Labute approximate surface area is 148 Å². The van der Waals surface area contributed by atoms with Crippen molar-refractivity contribution in [3.63, 3.8) is 0 Å². The summed E-state index contributed by atoms with van der Waals surface area (Å²) in [5, 5.41) is 8.25. The molecular formula is C19H16N4O3. The summed E-state index contributed by atoms with van der Waals surface area (Å²) in [5.74, 6) is -0.141. The summed E-state index contributed by atoms with van der Waals surface area (Å²) in [4.78, 5) is 38.4. The minimum Gasteiger partial charge on any atom is -0.312 e. The first-order valence-corrected chi connectivity index (χ1v) is 8.40. The second kappa shape index (κ2) is 6.51. The maximum atomic E-state index is 12.5. The zero-order valence-corrected chi connectivity index (χ0v) is 14.0. The van der Waals surface area contributed by atoms with E-state index in [2.05, 4.69) is 10.3 Å². The van der Waals surface area contributed by atoms with Crippen LogP contribution in [0.4, 0.5) is 5.69 Å². The quantitative estimate of drug-likeness (QED) is 0.671. The first-order valence-electron chi connectivity index (χ1n) is 8.40. The van der Waals surface area contributed by atoms with E-state index in [0.29, 0.717) is 29.4 Å². The largest absolute Gasteiger partial charge is 0.312 e. The molecule has 1 amide bonds. The number of fused-ring (bicyclic) bond motifs is 1. The Balaban J connectivity index is 1.56. The van der Waals surface area contributed by atoms with Gasteiger partial charge in [-0.1, -0.05) is 17.3 Å². The van der Waals surface area contributed by atoms with Gasteiger partial charge in [0.2, 0.25) is 5.91 Å². The number of aromatic nitrogens is 3. The Bertz CT molecular complexity index is 1060. The Kier molecular flexibility index (Phi) is 4.04. The molecule has 1 aromatic heterocycles. The Morgan fingerprint density at radius 2 is 1.81 bits per heavy atom. The molecule has 0 radical (unpaired) electrons. The average molecular weight is 348 g/mol. The zero-order chi connectivity index (χ0) is 18.1. The monoisotopic (exact) mass is 348 g/mol. The van der Waals surface area contributed by atoms with Crippen molar-refractivity contribution in [1.82, 2.24) is 15.0 Å². The molecule has 0 bridgehead atoms. The van der Waals surface area contributed by atoms with Crippen LogP contribution in [0.5, 0.6) is 0 Å². The van der Waals surface area contributed by atoms with Crippen molar-refractivity contribution in [3.05, 3.63) is 64.4 Å². The van der Waals surface area contributed by atoms with E-state index < -0.39 is 0 Å². The molecule has 1 saturated heterocycles. The lowest BCUT2D eigenvalue weighted by Crippen LogP contribution is -2.28. The van der Waals surface area contributed by atoms with Crippen molar-refractivity contribution in [3.8, 4) is 0 Å². The molecule has 1 aliphatic rings. The molecule has 4 rings (SSSR count). The van der Waals surface area contributed by atoms with E-state index in [1.54, 1.807) is 53.4 Å². The predicted molar refractivity (Wildman–Crippen MR) is 96.2 cm³/mol. The Morgan fingerprint density at radius 1 is 1.04 bits per heavy atom. The first kappa shape index (κ1) is 16.1. The summed E-state index contributed by atoms with van der Waals surface area (Å²) in [6.45, 7) is 0.521. The van der Waals surface area contributed by atoms with Gasteiger partial charge in [0, 0.05) is 24.2 Å². The minimum atomic E-state index is -0.344. The summed E-state index contributed by atoms with van der Waals surface area (Å²) >= 11 is 0. The number of hydrogen-bond donors (Lipinski definition) is 0. The van der Waals surface area contributed by atoms with Crippen LogP contribution < -0.4 is 10.5 Å². The normalized spacial score (nSPS) is 14.2. The van der Waals surface area contributed by atoms with Gasteiger partial charge in [-0.3, -0.25) is 14.4 Å². The van der Waals surface area contributed by atoms with E-state index in [4.69, 9.17) is 0 Å². The standard InChI is InChI=1S/C19H16N4O3/c24-17(12-23-19(26)15-4-1-2-5-16(15)20-21-23)13-7-9-14(10-8-13)22-11-3-6-18(22)25/h1-2,4-5,7-10H,3,6,11-12H2. The van der Waals surface area contributed by atoms with Gasteiger partial charge >= 0.3 is 0 Å². The van der Waals surface area contributed by atoms with Crippen molar-refractivity contribution in [2.24, 2.45) is 0 Å². The molecule has 7 nitrogen and oxygen atoms in total. The van der Waals surface area contributed by atoms with Crippen molar-refractivity contribution >= 4 is 28.3 Å². The number of carbonyl (C=O) groups is 2. The van der Waals surface area contributed by atoms with Gasteiger partial charge in [-0.15, -0.1) is 5.10 Å². The summed E-state index contributed by atoms with van der Waals surface area (Å²) in [6, 6.07) is 13.7. The van der Waals surface area contributed by atoms with Gasteiger partial charge in [0.1, 0.15) is 12.1 Å². The molecule has 1 fully saturated rings. The lowest BCUT2D eigenvalue weighted by Gasteiger charge is -2.15. The number of anilines is 1. The van der Waals surface area contributed by atoms with Gasteiger partial charge in [-0.2, -0.15) is 0 Å². The second-order valence-corrected chi connectivity index (χ2v) is 6.19. The van der Waals surface area contributed by atoms with Gasteiger partial charge in [0.05, 0.1) is 5.39 Å². The molecule has 2 aromatic carbocycles. The fourth-order valence-electron chi connectivity index (χ4n) is 3.10. The van der Waals surface area contributed by atoms with E-state index in [9.17, 15) is 14.4 Å². The third kappa shape index (κ3) is 2.88. The smallest absolute Gasteiger partial charge is 0.278 e. The van der Waals surface area contributed by atoms with Crippen LogP contribution in [0.1, 0.15) is 23.2 Å². The molecule has 7 heteroatoms. The number of carbonyl (C=O) groups excluding carboxylic acids is 2. The molecule has 26 heavy (non-hydrogen) atoms. The van der Waals surface area contributed by atoms with Crippen LogP contribution in [0.3, 0.4) is 0 Å². The van der Waals surface area contributed by atoms with Crippen LogP contribution in [0.25, 0.3) is 10.9 Å². The van der Waals surface area contributed by atoms with E-state index >= 15 is 0 Å². The third-order valence-corrected chi connectivity index (χ3v) is 4.50. The van der Waals surface area contributed by atoms with Crippen LogP contribution in [-0.2, 0) is 11.3 Å². The lowest BCUT2D eigenvalue weighted by molar-refractivity contribution is -0.117. The number of amides is 1. The van der Waals surface area contributed by atoms with Crippen molar-refractivity contribution in [1.29, 1.82) is 0 Å². The molecule has 0 saturated carbocycles. The second-order valence-electron chi connectivity index (χ2n) is 6.19. The van der Waals surface area contributed by atoms with Gasteiger partial charge < -0.3 is 4.90 Å². The molecule has 0 aliphatic carbocycles. The maximum Gasteiger partial charge on any atom is 0.278 e. The number of nitrogens with zero attached hydrogens (tertiary/aromatic N) is 4. The Hall–Kier alpha value is -3.35. The van der Waals surface area contributed by atoms with E-state index in [1.165, 1.54) is 0 Å². The molecular weight excluding hydrogens is 332 g/mol. The van der Waals surface area contributed by atoms with Crippen LogP contribution in [0.15, 0.2) is 53.3 Å². The SMILES string of the molecule is O=C(Cn1nnc2ccccc2c1=O)c1ccc(N2CCCC2=O)cc1. The van der Waals surface area contributed by atoms with Gasteiger partial charge in [0.15, 0.2) is 5.78 Å². The molecule has 0 spiro atoms. The molecule has 130 valence electrons. The van der Waals surface area contributed by atoms with Gasteiger partial charge in [-0.05, 0) is 42.8 Å². The molecule has 0 atom stereocenters. The van der Waals surface area contributed by atoms with E-state index in [0.717, 1.165) is 16.8 Å². The first-order chi connectivity index (χ1) is 12.6. The number of benzene rings is 2. The molecule has 1 aliphatic heterocycles. The number of Topliss-reactive ketones (excluding diaryl/α,β-unsaturated/α-hetero) is 1. The lowest BCUT2D eigenvalue weighted by atomic mass is 10.1.